The average molecular weight is 679 g/mol. The zero-order chi connectivity index (χ0) is 34.1. The highest BCUT2D eigenvalue weighted by atomic mass is 32.2. The first kappa shape index (κ1) is 32.2. The minimum atomic E-state index is -4.85. The molecule has 0 atom stereocenters. The smallest absolute Gasteiger partial charge is 0.213 e. The molecule has 0 aromatic heterocycles. The number of benzene rings is 4. The first-order valence-corrected chi connectivity index (χ1v) is 16.9. The van der Waals surface area contributed by atoms with E-state index in [1.807, 2.05) is 12.2 Å². The van der Waals surface area contributed by atoms with E-state index in [2.05, 4.69) is 21.1 Å². The summed E-state index contributed by atoms with van der Waals surface area (Å²) in [6.07, 6.45) is 5.63. The van der Waals surface area contributed by atoms with E-state index in [1.54, 1.807) is 60.7 Å². The predicted molar refractivity (Wildman–Crippen MR) is 181 cm³/mol. The van der Waals surface area contributed by atoms with Gasteiger partial charge in [0, 0.05) is 22.3 Å². The summed E-state index contributed by atoms with van der Waals surface area (Å²) in [5.41, 5.74) is 7.92. The summed E-state index contributed by atoms with van der Waals surface area (Å²) in [6, 6.07) is 25.8. The van der Waals surface area contributed by atoms with Gasteiger partial charge in [0.2, 0.25) is 11.6 Å². The molecule has 0 saturated carbocycles. The first-order chi connectivity index (χ1) is 22.9. The van der Waals surface area contributed by atoms with Gasteiger partial charge in [0.05, 0.1) is 21.2 Å². The Balaban J connectivity index is 1.11. The Morgan fingerprint density at radius 1 is 0.500 bits per heavy atom. The molecule has 6 rings (SSSR count). The second-order valence-corrected chi connectivity index (χ2v) is 13.2. The lowest BCUT2D eigenvalue weighted by Crippen LogP contribution is -2.22. The van der Waals surface area contributed by atoms with Crippen LogP contribution in [0, 0.1) is 0 Å². The number of Topliss-reactive ketones (excluding diaryl/α,β-unsaturated/α-hetero) is 2. The van der Waals surface area contributed by atoms with Crippen LogP contribution in [-0.2, 0) is 20.2 Å². The van der Waals surface area contributed by atoms with Gasteiger partial charge in [0.15, 0.2) is 0 Å². The zero-order valence-electron chi connectivity index (χ0n) is 24.5. The number of rotatable bonds is 8. The van der Waals surface area contributed by atoms with Crippen molar-refractivity contribution >= 4 is 76.6 Å². The number of nitrogens with zero attached hydrogens (tertiary/aromatic N) is 2. The molecule has 0 unspecified atom stereocenters. The van der Waals surface area contributed by atoms with Crippen LogP contribution < -0.4 is 10.9 Å². The molecular weight excluding hydrogens is 657 g/mol. The van der Waals surface area contributed by atoms with E-state index in [0.29, 0.717) is 11.4 Å². The predicted octanol–water partition coefficient (Wildman–Crippen LogP) is 4.96. The Morgan fingerprint density at radius 3 is 1.17 bits per heavy atom. The Bertz CT molecular complexity index is 2190. The van der Waals surface area contributed by atoms with E-state index in [4.69, 9.17) is 0 Å². The Labute approximate surface area is 275 Å². The summed E-state index contributed by atoms with van der Waals surface area (Å²) >= 11 is 0. The molecule has 48 heavy (non-hydrogen) atoms. The lowest BCUT2D eigenvalue weighted by atomic mass is 9.95. The van der Waals surface area contributed by atoms with Gasteiger partial charge >= 0.3 is 0 Å². The van der Waals surface area contributed by atoms with Crippen molar-refractivity contribution in [3.8, 4) is 0 Å². The van der Waals surface area contributed by atoms with Crippen LogP contribution in [0.5, 0.6) is 0 Å². The number of allylic oxidation sites excluding steroid dienone is 2. The van der Waals surface area contributed by atoms with E-state index in [9.17, 15) is 35.5 Å². The van der Waals surface area contributed by atoms with Gasteiger partial charge in [-0.1, -0.05) is 84.9 Å². The van der Waals surface area contributed by atoms with Gasteiger partial charge in [-0.3, -0.25) is 20.4 Å². The molecule has 0 heterocycles. The zero-order valence-corrected chi connectivity index (χ0v) is 26.2. The Kier molecular flexibility index (Phi) is 8.56. The van der Waals surface area contributed by atoms with Crippen LogP contribution in [0.1, 0.15) is 43.0 Å². The monoisotopic (exact) mass is 678 g/mol. The lowest BCUT2D eigenvalue weighted by molar-refractivity contribution is 0.105. The Hall–Kier alpha value is -5.80. The number of hydrogen-bond acceptors (Lipinski definition) is 12. The van der Waals surface area contributed by atoms with Crippen molar-refractivity contribution in [2.75, 3.05) is 10.9 Å². The number of hydrogen-bond donors (Lipinski definition) is 2. The number of anilines is 2. The molecule has 0 fully saturated rings. The molecule has 12 nitrogen and oxygen atoms in total. The number of carbonyl (C=O) groups excluding carboxylic acids is 2. The van der Waals surface area contributed by atoms with Crippen molar-refractivity contribution in [1.29, 1.82) is 0 Å². The van der Waals surface area contributed by atoms with Crippen LogP contribution in [0.3, 0.4) is 0 Å². The fraction of sp³-hybridized carbons (Fsp3) is 0. The van der Waals surface area contributed by atoms with E-state index in [1.165, 1.54) is 36.4 Å². The molecule has 240 valence electrons. The topological polar surface area (TPSA) is 197 Å². The van der Waals surface area contributed by atoms with Crippen molar-refractivity contribution < 1.29 is 35.5 Å². The van der Waals surface area contributed by atoms with Crippen molar-refractivity contribution in [3.63, 3.8) is 0 Å². The van der Waals surface area contributed by atoms with Gasteiger partial charge in [-0.25, -0.2) is 16.8 Å². The second-order valence-electron chi connectivity index (χ2n) is 10.5. The molecule has 2 aliphatic rings. The van der Waals surface area contributed by atoms with E-state index < -0.39 is 41.6 Å². The van der Waals surface area contributed by atoms with E-state index in [0.717, 1.165) is 23.3 Å². The maximum Gasteiger partial charge on any atom is 0.213 e. The number of nitrogens with one attached hydrogen (secondary N) is 2. The average Bonchev–Trinajstić information content (AvgIpc) is 3.07. The summed E-state index contributed by atoms with van der Waals surface area (Å²) in [5, 5.41) is 8.09. The van der Waals surface area contributed by atoms with Crippen LogP contribution in [0.15, 0.2) is 119 Å². The lowest BCUT2D eigenvalue weighted by Gasteiger charge is -2.20. The standard InChI is InChI=1S/C34H24N4O8S2/c39-33-27-7-3-1-5-25(27)31(47(41,42)43)19-29(33)37-35-23-15-11-21(12-16-23)9-10-22-13-17-24(18-14-22)36-38-30-20-32(48(44,45)46)26-6-2-4-8-28(26)34(30)40/h1-20,35-36H,(H,41,42,43)(H,44,45,46)/p-2. The molecule has 2 aliphatic carbocycles. The van der Waals surface area contributed by atoms with Crippen LogP contribution in [0.4, 0.5) is 11.4 Å². The molecule has 4 aromatic rings. The molecule has 4 aromatic carbocycles. The molecule has 14 heteroatoms. The quantitative estimate of drug-likeness (QED) is 0.146. The fourth-order valence-corrected chi connectivity index (χ4v) is 6.37. The van der Waals surface area contributed by atoms with E-state index in [-0.39, 0.29) is 33.7 Å². The third-order valence-electron chi connectivity index (χ3n) is 7.31. The van der Waals surface area contributed by atoms with Crippen molar-refractivity contribution in [2.45, 2.75) is 0 Å². The molecule has 0 radical (unpaired) electrons. The summed E-state index contributed by atoms with van der Waals surface area (Å²) in [5.74, 6) is -1.04. The largest absolute Gasteiger partial charge is 0.744 e. The maximum atomic E-state index is 12.8. The third kappa shape index (κ3) is 6.82. The highest BCUT2D eigenvalue weighted by Crippen LogP contribution is 2.30. The van der Waals surface area contributed by atoms with Gasteiger partial charge in [0.25, 0.3) is 0 Å². The number of hydrazone groups is 2. The van der Waals surface area contributed by atoms with Gasteiger partial charge in [-0.05, 0) is 47.5 Å². The van der Waals surface area contributed by atoms with Gasteiger partial charge in [0.1, 0.15) is 31.7 Å². The van der Waals surface area contributed by atoms with Crippen LogP contribution in [0.25, 0.3) is 22.0 Å². The van der Waals surface area contributed by atoms with Gasteiger partial charge in [-0.2, -0.15) is 10.2 Å². The maximum absolute atomic E-state index is 12.8. The first-order valence-electron chi connectivity index (χ1n) is 14.1. The molecular formula is C34H22N4O8S2-2. The molecule has 0 saturated heterocycles. The SMILES string of the molecule is O=C1C(=NNc2ccc(C=Cc3ccc(NN=C4C=C(S(=O)(=O)[O-])c5ccccc5C4=O)cc3)cc2)C=C(S(=O)(=O)[O-])c2ccccc21. The van der Waals surface area contributed by atoms with Crippen LogP contribution >= 0.6 is 0 Å². The van der Waals surface area contributed by atoms with Gasteiger partial charge in [-0.15, -0.1) is 0 Å². The highest BCUT2D eigenvalue weighted by Gasteiger charge is 2.28. The minimum absolute atomic E-state index is 0.0437. The molecule has 0 aliphatic heterocycles. The highest BCUT2D eigenvalue weighted by molar-refractivity contribution is 7.95. The normalized spacial score (nSPS) is 16.4. The summed E-state index contributed by atoms with van der Waals surface area (Å²) < 4.78 is 70.8. The summed E-state index contributed by atoms with van der Waals surface area (Å²) in [4.78, 5) is 24.6. The number of fused-ring (bicyclic) bond motifs is 2. The fourth-order valence-electron chi connectivity index (χ4n) is 4.96. The van der Waals surface area contributed by atoms with Gasteiger partial charge < -0.3 is 9.11 Å². The van der Waals surface area contributed by atoms with E-state index >= 15 is 0 Å². The van der Waals surface area contributed by atoms with Crippen molar-refractivity contribution in [3.05, 3.63) is 143 Å². The number of ketones is 2. The minimum Gasteiger partial charge on any atom is -0.744 e. The molecule has 2 N–H and O–H groups in total. The summed E-state index contributed by atoms with van der Waals surface area (Å²) in [7, 11) is -9.70. The molecule has 0 bridgehead atoms. The van der Waals surface area contributed by atoms with Crippen molar-refractivity contribution in [1.82, 2.24) is 0 Å². The Morgan fingerprint density at radius 2 is 0.833 bits per heavy atom. The van der Waals surface area contributed by atoms with Crippen molar-refractivity contribution in [2.24, 2.45) is 10.2 Å². The van der Waals surface area contributed by atoms with Crippen LogP contribution in [-0.4, -0.2) is 48.9 Å². The number of carbonyl (C=O) groups is 2. The third-order valence-corrected chi connectivity index (χ3v) is 9.07. The van der Waals surface area contributed by atoms with Crippen LogP contribution in [0.2, 0.25) is 0 Å². The second kappa shape index (κ2) is 12.8. The molecule has 0 amide bonds. The summed E-state index contributed by atoms with van der Waals surface area (Å²) in [6.45, 7) is 0. The molecule has 0 spiro atoms.